The highest BCUT2D eigenvalue weighted by Crippen LogP contribution is 2.24. The van der Waals surface area contributed by atoms with Crippen LogP contribution in [0.25, 0.3) is 0 Å². The fourth-order valence-electron chi connectivity index (χ4n) is 2.60. The third-order valence-electron chi connectivity index (χ3n) is 3.93. The van der Waals surface area contributed by atoms with Crippen molar-refractivity contribution in [2.45, 2.75) is 51.6 Å². The molecule has 1 fully saturated rings. The maximum absolute atomic E-state index is 12.2. The van der Waals surface area contributed by atoms with Crippen molar-refractivity contribution in [3.63, 3.8) is 0 Å². The van der Waals surface area contributed by atoms with Crippen LogP contribution in [0.3, 0.4) is 0 Å². The lowest BCUT2D eigenvalue weighted by Crippen LogP contribution is -2.45. The SMILES string of the molecule is CC1CCCCC1NC(=O)C(C)n1ncccc1=O. The zero-order valence-electron chi connectivity index (χ0n) is 11.5. The van der Waals surface area contributed by atoms with Gasteiger partial charge in [-0.1, -0.05) is 19.8 Å². The fourth-order valence-corrected chi connectivity index (χ4v) is 2.60. The lowest BCUT2D eigenvalue weighted by molar-refractivity contribution is -0.125. The molecular formula is C14H21N3O2. The summed E-state index contributed by atoms with van der Waals surface area (Å²) in [5.41, 5.74) is -0.248. The Labute approximate surface area is 113 Å². The first-order valence-electron chi connectivity index (χ1n) is 6.94. The number of carbonyl (C=O) groups excluding carboxylic acids is 1. The molecule has 0 bridgehead atoms. The van der Waals surface area contributed by atoms with Gasteiger partial charge in [0.1, 0.15) is 6.04 Å². The van der Waals surface area contributed by atoms with Crippen LogP contribution in [0.1, 0.15) is 45.6 Å². The molecule has 5 heteroatoms. The first-order valence-corrected chi connectivity index (χ1v) is 6.94. The predicted molar refractivity (Wildman–Crippen MR) is 72.8 cm³/mol. The minimum atomic E-state index is -0.567. The zero-order chi connectivity index (χ0) is 13.8. The van der Waals surface area contributed by atoms with E-state index in [9.17, 15) is 9.59 Å². The minimum absolute atomic E-state index is 0.125. The standard InChI is InChI=1S/C14H21N3O2/c1-10-6-3-4-7-12(10)16-14(19)11(2)17-13(18)8-5-9-15-17/h5,8-12H,3-4,6-7H2,1-2H3,(H,16,19). The van der Waals surface area contributed by atoms with Gasteiger partial charge in [0.25, 0.3) is 5.56 Å². The third-order valence-corrected chi connectivity index (χ3v) is 3.93. The van der Waals surface area contributed by atoms with Gasteiger partial charge in [-0.25, -0.2) is 4.68 Å². The Morgan fingerprint density at radius 3 is 2.89 bits per heavy atom. The summed E-state index contributed by atoms with van der Waals surface area (Å²) in [4.78, 5) is 23.8. The Balaban J connectivity index is 2.03. The number of hydrogen-bond acceptors (Lipinski definition) is 3. The van der Waals surface area contributed by atoms with Gasteiger partial charge in [0, 0.05) is 18.3 Å². The number of nitrogens with one attached hydrogen (secondary N) is 1. The topological polar surface area (TPSA) is 64.0 Å². The van der Waals surface area contributed by atoms with Gasteiger partial charge in [0.05, 0.1) is 0 Å². The third kappa shape index (κ3) is 3.22. The quantitative estimate of drug-likeness (QED) is 0.898. The van der Waals surface area contributed by atoms with E-state index in [4.69, 9.17) is 0 Å². The van der Waals surface area contributed by atoms with Crippen LogP contribution in [0.5, 0.6) is 0 Å². The molecule has 1 amide bonds. The second-order valence-electron chi connectivity index (χ2n) is 5.36. The molecule has 1 heterocycles. The molecule has 0 spiro atoms. The molecule has 104 valence electrons. The summed E-state index contributed by atoms with van der Waals surface area (Å²) >= 11 is 0. The molecule has 19 heavy (non-hydrogen) atoms. The summed E-state index contributed by atoms with van der Waals surface area (Å²) in [6, 6.07) is 2.65. The predicted octanol–water partition coefficient (Wildman–Crippen LogP) is 1.50. The van der Waals surface area contributed by atoms with E-state index in [1.54, 1.807) is 13.0 Å². The van der Waals surface area contributed by atoms with Crippen LogP contribution in [0.15, 0.2) is 23.1 Å². The van der Waals surface area contributed by atoms with Gasteiger partial charge in [0.15, 0.2) is 0 Å². The molecular weight excluding hydrogens is 242 g/mol. The van der Waals surface area contributed by atoms with Crippen LogP contribution in [-0.2, 0) is 4.79 Å². The molecule has 2 rings (SSSR count). The van der Waals surface area contributed by atoms with Crippen LogP contribution in [0.4, 0.5) is 0 Å². The van der Waals surface area contributed by atoms with Crippen LogP contribution in [0.2, 0.25) is 0 Å². The van der Waals surface area contributed by atoms with Crippen molar-refractivity contribution < 1.29 is 4.79 Å². The van der Waals surface area contributed by atoms with E-state index in [2.05, 4.69) is 17.3 Å². The summed E-state index contributed by atoms with van der Waals surface area (Å²) in [6.07, 6.45) is 6.10. The molecule has 1 aromatic heterocycles. The first kappa shape index (κ1) is 13.8. The Morgan fingerprint density at radius 1 is 1.47 bits per heavy atom. The summed E-state index contributed by atoms with van der Waals surface area (Å²) < 4.78 is 1.23. The van der Waals surface area contributed by atoms with E-state index in [1.165, 1.54) is 23.4 Å². The Kier molecular flexibility index (Phi) is 4.35. The normalized spacial score (nSPS) is 24.7. The van der Waals surface area contributed by atoms with Crippen molar-refractivity contribution in [2.75, 3.05) is 0 Å². The highest BCUT2D eigenvalue weighted by Gasteiger charge is 2.25. The summed E-state index contributed by atoms with van der Waals surface area (Å²) in [7, 11) is 0. The zero-order valence-corrected chi connectivity index (χ0v) is 11.5. The molecule has 1 saturated carbocycles. The Bertz CT molecular complexity index is 497. The molecule has 0 saturated heterocycles. The molecule has 1 aliphatic rings. The number of amides is 1. The van der Waals surface area contributed by atoms with E-state index in [0.717, 1.165) is 19.3 Å². The van der Waals surface area contributed by atoms with E-state index in [1.807, 2.05) is 0 Å². The van der Waals surface area contributed by atoms with E-state index in [-0.39, 0.29) is 17.5 Å². The molecule has 0 radical (unpaired) electrons. The van der Waals surface area contributed by atoms with Gasteiger partial charge >= 0.3 is 0 Å². The average Bonchev–Trinajstić information content (AvgIpc) is 2.41. The maximum Gasteiger partial charge on any atom is 0.267 e. The lowest BCUT2D eigenvalue weighted by Gasteiger charge is -2.30. The average molecular weight is 263 g/mol. The van der Waals surface area contributed by atoms with Crippen molar-refractivity contribution in [1.82, 2.24) is 15.1 Å². The Hall–Kier alpha value is -1.65. The lowest BCUT2D eigenvalue weighted by atomic mass is 9.86. The van der Waals surface area contributed by atoms with Gasteiger partial charge in [-0.3, -0.25) is 9.59 Å². The van der Waals surface area contributed by atoms with Crippen molar-refractivity contribution in [3.05, 3.63) is 28.7 Å². The first-order chi connectivity index (χ1) is 9.09. The van der Waals surface area contributed by atoms with E-state index in [0.29, 0.717) is 5.92 Å². The second kappa shape index (κ2) is 5.99. The number of hydrogen-bond donors (Lipinski definition) is 1. The summed E-state index contributed by atoms with van der Waals surface area (Å²) in [5.74, 6) is 0.380. The van der Waals surface area contributed by atoms with Crippen LogP contribution in [-0.4, -0.2) is 21.7 Å². The molecule has 3 atom stereocenters. The highest BCUT2D eigenvalue weighted by atomic mass is 16.2. The number of nitrogens with zero attached hydrogens (tertiary/aromatic N) is 2. The smallest absolute Gasteiger partial charge is 0.267 e. The molecule has 1 aromatic rings. The molecule has 5 nitrogen and oxygen atoms in total. The molecule has 0 aliphatic heterocycles. The monoisotopic (exact) mass is 263 g/mol. The van der Waals surface area contributed by atoms with Crippen molar-refractivity contribution >= 4 is 5.91 Å². The van der Waals surface area contributed by atoms with E-state index >= 15 is 0 Å². The summed E-state index contributed by atoms with van der Waals surface area (Å²) in [5, 5.41) is 7.01. The van der Waals surface area contributed by atoms with Gasteiger partial charge in [-0.15, -0.1) is 0 Å². The van der Waals surface area contributed by atoms with Crippen LogP contribution >= 0.6 is 0 Å². The van der Waals surface area contributed by atoms with Gasteiger partial charge < -0.3 is 5.32 Å². The Morgan fingerprint density at radius 2 is 2.21 bits per heavy atom. The number of rotatable bonds is 3. The minimum Gasteiger partial charge on any atom is -0.351 e. The van der Waals surface area contributed by atoms with Crippen molar-refractivity contribution in [1.29, 1.82) is 0 Å². The maximum atomic E-state index is 12.2. The van der Waals surface area contributed by atoms with E-state index < -0.39 is 6.04 Å². The number of carbonyl (C=O) groups is 1. The molecule has 3 unspecified atom stereocenters. The van der Waals surface area contributed by atoms with Crippen LogP contribution in [0, 0.1) is 5.92 Å². The number of aromatic nitrogens is 2. The van der Waals surface area contributed by atoms with Gasteiger partial charge in [-0.05, 0) is 31.7 Å². The second-order valence-corrected chi connectivity index (χ2v) is 5.36. The van der Waals surface area contributed by atoms with Gasteiger partial charge in [0.2, 0.25) is 5.91 Å². The molecule has 0 aromatic carbocycles. The summed E-state index contributed by atoms with van der Waals surface area (Å²) in [6.45, 7) is 3.87. The van der Waals surface area contributed by atoms with Crippen molar-refractivity contribution in [2.24, 2.45) is 5.92 Å². The largest absolute Gasteiger partial charge is 0.351 e. The van der Waals surface area contributed by atoms with Gasteiger partial charge in [-0.2, -0.15) is 5.10 Å². The van der Waals surface area contributed by atoms with Crippen LogP contribution < -0.4 is 10.9 Å². The van der Waals surface area contributed by atoms with Crippen molar-refractivity contribution in [3.8, 4) is 0 Å². The molecule has 1 aliphatic carbocycles. The highest BCUT2D eigenvalue weighted by molar-refractivity contribution is 5.80. The fraction of sp³-hybridized carbons (Fsp3) is 0.643. The molecule has 1 N–H and O–H groups in total.